The van der Waals surface area contributed by atoms with E-state index >= 15 is 0 Å². The van der Waals surface area contributed by atoms with Gasteiger partial charge in [-0.05, 0) is 195 Å². The molecule has 6 N–H and O–H groups in total. The molecule has 8 aliphatic rings. The number of aromatic hydroxyl groups is 2. The van der Waals surface area contributed by atoms with E-state index in [0.29, 0.717) is 104 Å². The number of phenols is 2. The molecule has 7 aromatic carbocycles. The van der Waals surface area contributed by atoms with Crippen molar-refractivity contribution in [2.75, 3.05) is 132 Å². The molecule has 7 aromatic rings. The molecule has 0 aromatic heterocycles. The number of rotatable bonds is 32. The van der Waals surface area contributed by atoms with Crippen LogP contribution in [0.1, 0.15) is 217 Å². The standard InChI is InChI=1S/C27H37NO4.C20H31NO4.C17H24ClNO.C17H25NO2.C10H14O3.C8H10O3.C4H10.C2H6.CH2Cl2.CH3I.CH4.ClH.HI.Na.V.2H/c1-29-26-13-12-21(18-27(26)30-2)15-17-31-25-11-7-6-10-24(25)28-16-14-23(19-28)32-20-22-8-4-3-5-9-22;1-23-19-8-7-15(13-20(19)24-2)10-12-25-18-6-4-3-5-17(18)21-11-9-16(22)14-21;18-16-8-4-5-9-17(16)19-11-10-15(12-19)20-13-14-6-2-1-3-7-14;19-17-9-5-4-8-16(17)18-11-10-15(12-18)20-13-14-6-2-1-3-7-14;1-12-9-4-3-8(5-6-11)7-10(9)13-2;9-4-3-6-1-2-7(10)8(11)5-6;1-3-4-2;1-2;2-1-3;1-2;;;;;;;/h3-5,8-9,12-13,18,23-25H,6-7,10-11,14-17,19-20H2,1-2H3;7-8,13,16-18,22H,3-6,9-12,14H2,1-2H3;1-3,6-7,15-17H,4-5,8-13H2;1-3,6-7,15-17,19H,4-5,8-13H2;3-4,7,11H,5-6H2,1-2H3;1-2,5,9-11H,3-4H2;3-4H2,1-2H3;1-2H3;1H2;1H3;1H4;2*1H;;;;/q;;;;;;;;;;;;;2*+1;;-1/p-1/t23-,24?,25?;16-,17?,18?;15-,16+,17?;15-,16?,17+;;;;;;;;;;;;;/m1111............./s1/i2*1+1,2+1;;;1+1,2+1;;;;;1+1;;;;;;1+1;. The van der Waals surface area contributed by atoms with Crippen LogP contribution in [0, 0.1) is 0 Å². The van der Waals surface area contributed by atoms with Crippen molar-refractivity contribution in [2.24, 2.45) is 0 Å². The predicted molar refractivity (Wildman–Crippen MR) is 576 cm³/mol. The average Bonchev–Trinajstić information content (AvgIpc) is 0.960. The van der Waals surface area contributed by atoms with Crippen LogP contribution in [0.15, 0.2) is 164 Å². The number of unbranched alkanes of at least 4 members (excludes halogenated alkanes) is 1. The Bertz CT molecular complexity index is 4050. The number of benzene rings is 7. The minimum Gasteiger partial charge on any atom is -1.00 e. The number of hydrogen-bond donors (Lipinski definition) is 6. The number of methoxy groups -OCH3 is 6. The van der Waals surface area contributed by atoms with Crippen molar-refractivity contribution in [1.29, 1.82) is 0.879 Å². The van der Waals surface area contributed by atoms with Gasteiger partial charge in [0.25, 0.3) is 0 Å². The minimum atomic E-state index is -0.158. The van der Waals surface area contributed by atoms with E-state index in [1.165, 1.54) is 130 Å². The molecule has 0 bridgehead atoms. The number of phenolic OH excluding ortho intramolecular Hbond substituents is 2. The van der Waals surface area contributed by atoms with E-state index in [1.807, 2.05) is 87.3 Å². The molecule has 771 valence electrons. The van der Waals surface area contributed by atoms with Gasteiger partial charge in [-0.15, -0.1) is 47.2 Å². The summed E-state index contributed by atoms with van der Waals surface area (Å²) in [5.74, 6) is 4.20. The second-order valence-electron chi connectivity index (χ2n) is 34.3. The van der Waals surface area contributed by atoms with Crippen molar-refractivity contribution >= 4 is 89.8 Å². The summed E-state index contributed by atoms with van der Waals surface area (Å²) >= 11 is 20.1. The number of aliphatic hydroxyl groups is 4. The number of nitrogens with zero attached hydrogens (tertiary/aromatic N) is 4. The fraction of sp³-hybridized carbons (Fsp3) is 0.611. The number of likely N-dealkylation sites (tertiary alicyclic amines) is 4. The Kier molecular flexibility index (Phi) is 74.5. The molecule has 137 heavy (non-hydrogen) atoms. The normalized spacial score (nSPS) is 22.1. The molecule has 0 amide bonds. The number of hydrogen-bond acceptors (Lipinski definition) is 21. The topological polar surface area (TPSA) is 236 Å². The van der Waals surface area contributed by atoms with Gasteiger partial charge >= 0.3 is 64.3 Å². The third-order valence-corrected chi connectivity index (χ3v) is 25.9. The van der Waals surface area contributed by atoms with Crippen LogP contribution in [0.2, 0.25) is 0 Å². The van der Waals surface area contributed by atoms with E-state index in [4.69, 9.17) is 108 Å². The van der Waals surface area contributed by atoms with Crippen LogP contribution in [0.25, 0.3) is 0 Å². The molecule has 0 radical (unpaired) electrons. The largest absolute Gasteiger partial charge is 1.00 e. The third-order valence-electron chi connectivity index (χ3n) is 25.4. The molecule has 4 saturated carbocycles. The van der Waals surface area contributed by atoms with Crippen LogP contribution < -0.4 is 58.0 Å². The summed E-state index contributed by atoms with van der Waals surface area (Å²) in [5, 5.41) is 55.7. The van der Waals surface area contributed by atoms with Crippen molar-refractivity contribution in [2.45, 2.75) is 294 Å². The molecule has 6 unspecified atom stereocenters. The van der Waals surface area contributed by atoms with Crippen LogP contribution in [0.4, 0.5) is 0 Å². The Labute approximate surface area is 904 Å². The zero-order valence-corrected chi connectivity index (χ0v) is 94.2. The summed E-state index contributed by atoms with van der Waals surface area (Å²) in [6, 6.07) is 55.5. The van der Waals surface area contributed by atoms with Gasteiger partial charge in [0.05, 0.1) is 124 Å². The molecule has 29 heteroatoms. The Balaban J connectivity index is 0.000000826. The molecule has 4 heterocycles. The Morgan fingerprint density at radius 2 is 0.701 bits per heavy atom. The van der Waals surface area contributed by atoms with Gasteiger partial charge in [0.1, 0.15) is 0 Å². The molecule has 4 aliphatic carbocycles. The van der Waals surface area contributed by atoms with Crippen molar-refractivity contribution in [3.63, 3.8) is 0 Å². The fourth-order valence-corrected chi connectivity index (χ4v) is 18.6. The molecule has 4 aliphatic heterocycles. The summed E-state index contributed by atoms with van der Waals surface area (Å²) in [7, 11) is 9.86. The first-order chi connectivity index (χ1) is 65.9. The molecule has 8 fully saturated rings. The average molecular weight is 2270 g/mol. The zero-order chi connectivity index (χ0) is 98.2. The van der Waals surface area contributed by atoms with E-state index in [0.717, 1.165) is 164 Å². The van der Waals surface area contributed by atoms with Crippen molar-refractivity contribution in [3.05, 3.63) is 203 Å². The van der Waals surface area contributed by atoms with Gasteiger partial charge in [-0.1, -0.05) is 237 Å². The van der Waals surface area contributed by atoms with E-state index < -0.39 is 0 Å². The van der Waals surface area contributed by atoms with Gasteiger partial charge in [-0.25, -0.2) is 0 Å². The first kappa shape index (κ1) is 128. The van der Waals surface area contributed by atoms with Gasteiger partial charge < -0.3 is 84.2 Å². The van der Waals surface area contributed by atoms with E-state index in [2.05, 4.69) is 153 Å². The number of ether oxygens (including phenoxy) is 11. The number of halogens is 6. The zero-order valence-electron chi connectivity index (χ0n) is 85.4. The van der Waals surface area contributed by atoms with Crippen molar-refractivity contribution < 1.29 is 128 Å². The summed E-state index contributed by atoms with van der Waals surface area (Å²) in [4.78, 5) is 12.0. The van der Waals surface area contributed by atoms with E-state index in [9.17, 15) is 10.2 Å². The number of β-amino-alcohol motifs (C(OH)–C–C–N with tert-alkyl or cyclic N) is 1. The van der Waals surface area contributed by atoms with Crippen molar-refractivity contribution in [3.8, 4) is 46.0 Å². The number of alkyl halides is 4. The fourth-order valence-electron chi connectivity index (χ4n) is 18.1. The number of aliphatic hydroxyl groups excluding tert-OH is 4. The van der Waals surface area contributed by atoms with Crippen molar-refractivity contribution in [1.82, 2.24) is 19.6 Å². The van der Waals surface area contributed by atoms with Gasteiger partial charge in [0.2, 0.25) is 0 Å². The molecule has 15 rings (SSSR count). The van der Waals surface area contributed by atoms with Gasteiger partial charge in [0, 0.05) is 95.1 Å². The maximum atomic E-state index is 10.1. The predicted octanol–water partition coefficient (Wildman–Crippen LogP) is 19.9. The van der Waals surface area contributed by atoms with Gasteiger partial charge in [-0.2, -0.15) is 0 Å². The van der Waals surface area contributed by atoms with E-state index in [1.54, 1.807) is 48.7 Å². The third kappa shape index (κ3) is 49.1. The Hall–Kier alpha value is -3.38. The van der Waals surface area contributed by atoms with Crippen LogP contribution in [0.3, 0.4) is 0 Å². The molecular weight excluding hydrogens is 2100 g/mol. The van der Waals surface area contributed by atoms with Crippen LogP contribution in [-0.2, 0) is 83.1 Å². The summed E-state index contributed by atoms with van der Waals surface area (Å²) in [5.41, 5.74) is 8.01. The van der Waals surface area contributed by atoms with Gasteiger partial charge in [-0.3, -0.25) is 19.6 Å². The summed E-state index contributed by atoms with van der Waals surface area (Å²) in [6.07, 6.45) is 30.5. The molecule has 4 saturated heterocycles. The van der Waals surface area contributed by atoms with Gasteiger partial charge in [0.15, 0.2) is 46.0 Å². The summed E-state index contributed by atoms with van der Waals surface area (Å²) < 4.78 is 69.0. The first-order valence-electron chi connectivity index (χ1n) is 49.1. The maximum absolute atomic E-state index is 10.1. The minimum absolute atomic E-state index is 0. The second-order valence-corrected chi connectivity index (χ2v) is 35.7. The van der Waals surface area contributed by atoms with Crippen LogP contribution >= 0.6 is 89.8 Å². The smallest absolute Gasteiger partial charge is 1.00 e. The summed E-state index contributed by atoms with van der Waals surface area (Å²) in [6.45, 7) is 20.3. The SMILES string of the molecule is C.CC.CCCC.Cl.ClCCl.Cl[C@H]1CCCCC1N1CC[C@@H](OCc2ccccc2)C1.OCCc1ccc(O)c(O)c1.O[C@H]1CCCCC1N1CC[C@@H](OCc2ccccc2)C1.[13CH3]I.[13CH3]Oc1ccc(CCO)cc1O[13CH3].[13CH3]Oc1ccc(CCOC2CCCCC2N2CC[C@@H](O)C2)cc1O[13CH3].[13CH3]Oc1ccc(CCOC2CCCCC2N2CC[C@@H](OCc3ccccc3)C2)cc1O[13CH3].[2H][V][I].[H-].[Na+]. The molecule has 12 atom stereocenters. The molecule has 21 nitrogen and oxygen atoms in total. The Morgan fingerprint density at radius 3 is 1.04 bits per heavy atom. The Morgan fingerprint density at radius 1 is 0.394 bits per heavy atom. The first-order valence-corrected chi connectivity index (χ1v) is 56.9. The quantitative estimate of drug-likeness (QED) is 0.00756. The maximum Gasteiger partial charge on any atom is 1.00 e. The second kappa shape index (κ2) is 79.9. The monoisotopic (exact) mass is 2270 g/mol. The van der Waals surface area contributed by atoms with Crippen LogP contribution in [0.5, 0.6) is 46.0 Å². The van der Waals surface area contributed by atoms with Crippen LogP contribution in [-0.4, -0.2) is 255 Å². The molecule has 0 spiro atoms. The molecular formula is C108H169Cl4I2N4NaO17V. The van der Waals surface area contributed by atoms with E-state index in [-0.39, 0.29) is 107 Å².